The number of nitrogens with one attached hydrogen (secondary N) is 1. The van der Waals surface area contributed by atoms with Crippen LogP contribution in [-0.2, 0) is 9.59 Å². The van der Waals surface area contributed by atoms with Crippen molar-refractivity contribution in [3.8, 4) is 0 Å². The highest BCUT2D eigenvalue weighted by atomic mass is 16.2. The van der Waals surface area contributed by atoms with Gasteiger partial charge in [-0.2, -0.15) is 0 Å². The summed E-state index contributed by atoms with van der Waals surface area (Å²) < 4.78 is 0. The molecule has 1 fully saturated rings. The average molecular weight is 235 g/mol. The van der Waals surface area contributed by atoms with Crippen LogP contribution in [-0.4, -0.2) is 34.4 Å². The average Bonchev–Trinajstić information content (AvgIpc) is 2.22. The molecule has 0 saturated carbocycles. The minimum absolute atomic E-state index is 0.0861. The Kier molecular flexibility index (Phi) is 2.66. The first kappa shape index (κ1) is 11.3. The van der Waals surface area contributed by atoms with Gasteiger partial charge < -0.3 is 10.6 Å². The lowest BCUT2D eigenvalue weighted by Crippen LogP contribution is -2.57. The molecule has 0 aliphatic carbocycles. The van der Waals surface area contributed by atoms with E-state index in [-0.39, 0.29) is 18.4 Å². The fourth-order valence-electron chi connectivity index (χ4n) is 1.72. The van der Waals surface area contributed by atoms with Crippen molar-refractivity contribution in [2.45, 2.75) is 19.9 Å². The van der Waals surface area contributed by atoms with Crippen LogP contribution in [0.25, 0.3) is 0 Å². The van der Waals surface area contributed by atoms with Gasteiger partial charge in [0.15, 0.2) is 0 Å². The summed E-state index contributed by atoms with van der Waals surface area (Å²) in [7, 11) is 0. The van der Waals surface area contributed by atoms with E-state index >= 15 is 0 Å². The van der Waals surface area contributed by atoms with E-state index < -0.39 is 6.04 Å². The normalized spacial score (nSPS) is 20.4. The van der Waals surface area contributed by atoms with Crippen molar-refractivity contribution in [3.05, 3.63) is 11.9 Å². The molecular weight excluding hydrogens is 222 g/mol. The second kappa shape index (κ2) is 4.00. The van der Waals surface area contributed by atoms with Crippen molar-refractivity contribution in [1.82, 2.24) is 15.3 Å². The molecule has 0 aromatic carbocycles. The molecule has 17 heavy (non-hydrogen) atoms. The second-order valence-electron chi connectivity index (χ2n) is 3.91. The number of aromatic nitrogens is 2. The molecule has 0 spiro atoms. The Labute approximate surface area is 98.0 Å². The van der Waals surface area contributed by atoms with Crippen molar-refractivity contribution in [2.24, 2.45) is 0 Å². The lowest BCUT2D eigenvalue weighted by Gasteiger charge is -2.32. The van der Waals surface area contributed by atoms with Crippen molar-refractivity contribution in [2.75, 3.05) is 17.2 Å². The van der Waals surface area contributed by atoms with E-state index in [1.54, 1.807) is 24.8 Å². The smallest absolute Gasteiger partial charge is 0.249 e. The van der Waals surface area contributed by atoms with Crippen LogP contribution >= 0.6 is 0 Å². The summed E-state index contributed by atoms with van der Waals surface area (Å²) >= 11 is 0. The summed E-state index contributed by atoms with van der Waals surface area (Å²) in [4.78, 5) is 32.6. The van der Waals surface area contributed by atoms with Gasteiger partial charge in [0.2, 0.25) is 11.8 Å². The number of carbonyl (C=O) groups is 2. The Morgan fingerprint density at radius 2 is 2.18 bits per heavy atom. The molecule has 2 rings (SSSR count). The maximum Gasteiger partial charge on any atom is 0.249 e. The Balaban J connectivity index is 2.37. The molecule has 7 heteroatoms. The van der Waals surface area contributed by atoms with Crippen molar-refractivity contribution >= 4 is 23.5 Å². The summed E-state index contributed by atoms with van der Waals surface area (Å²) in [5.74, 6) is 0.633. The molecule has 1 unspecified atom stereocenters. The number of imide groups is 1. The number of rotatable bonds is 1. The van der Waals surface area contributed by atoms with Crippen molar-refractivity contribution in [3.63, 3.8) is 0 Å². The monoisotopic (exact) mass is 235 g/mol. The minimum Gasteiger partial charge on any atom is -0.384 e. The number of carbonyl (C=O) groups excluding carboxylic acids is 2. The summed E-state index contributed by atoms with van der Waals surface area (Å²) in [6.07, 6.45) is 0. The zero-order chi connectivity index (χ0) is 12.6. The predicted molar refractivity (Wildman–Crippen MR) is 61.1 cm³/mol. The van der Waals surface area contributed by atoms with Crippen LogP contribution in [0.3, 0.4) is 0 Å². The molecule has 1 aromatic rings. The van der Waals surface area contributed by atoms with Gasteiger partial charge in [0.05, 0.1) is 6.54 Å². The van der Waals surface area contributed by atoms with Crippen LogP contribution in [0.2, 0.25) is 0 Å². The Morgan fingerprint density at radius 3 is 2.82 bits per heavy atom. The van der Waals surface area contributed by atoms with Crippen LogP contribution < -0.4 is 16.0 Å². The molecule has 7 nitrogen and oxygen atoms in total. The lowest BCUT2D eigenvalue weighted by atomic mass is 10.2. The third-order valence-electron chi connectivity index (χ3n) is 2.56. The fraction of sp³-hybridized carbons (Fsp3) is 0.400. The molecule has 1 aliphatic heterocycles. The van der Waals surface area contributed by atoms with Crippen molar-refractivity contribution < 1.29 is 9.59 Å². The topological polar surface area (TPSA) is 101 Å². The van der Waals surface area contributed by atoms with Gasteiger partial charge in [-0.1, -0.05) is 0 Å². The molecule has 1 atom stereocenters. The number of hydrogen-bond donors (Lipinski definition) is 2. The molecule has 1 aromatic heterocycles. The number of nitrogen functional groups attached to an aromatic ring is 1. The predicted octanol–water partition coefficient (Wildman–Crippen LogP) is -0.781. The largest absolute Gasteiger partial charge is 0.384 e. The molecule has 0 bridgehead atoms. The Morgan fingerprint density at radius 1 is 1.47 bits per heavy atom. The number of anilines is 2. The maximum atomic E-state index is 11.5. The third-order valence-corrected chi connectivity index (χ3v) is 2.56. The summed E-state index contributed by atoms with van der Waals surface area (Å²) in [6.45, 7) is 3.49. The van der Waals surface area contributed by atoms with Crippen molar-refractivity contribution in [1.29, 1.82) is 0 Å². The minimum atomic E-state index is -0.457. The van der Waals surface area contributed by atoms with Gasteiger partial charge in [0.25, 0.3) is 0 Å². The van der Waals surface area contributed by atoms with E-state index in [4.69, 9.17) is 5.73 Å². The van der Waals surface area contributed by atoms with E-state index in [1.807, 2.05) is 0 Å². The van der Waals surface area contributed by atoms with Gasteiger partial charge in [0, 0.05) is 6.07 Å². The van der Waals surface area contributed by atoms with E-state index in [0.29, 0.717) is 17.5 Å². The standard InChI is InChI=1S/C10H13N5O2/c1-5-10(17)14-9(16)4-15(5)8-3-7(11)12-6(2)13-8/h3,5H,4H2,1-2H3,(H2,11,12,13)(H,14,16,17). The zero-order valence-electron chi connectivity index (χ0n) is 9.60. The number of amides is 2. The van der Waals surface area contributed by atoms with Crippen LogP contribution in [0.4, 0.5) is 11.6 Å². The van der Waals surface area contributed by atoms with E-state index in [2.05, 4.69) is 15.3 Å². The first-order valence-corrected chi connectivity index (χ1v) is 5.19. The summed E-state index contributed by atoms with van der Waals surface area (Å²) in [6, 6.07) is 1.09. The quantitative estimate of drug-likeness (QED) is 0.619. The highest BCUT2D eigenvalue weighted by molar-refractivity contribution is 6.04. The van der Waals surface area contributed by atoms with Crippen LogP contribution in [0.15, 0.2) is 6.07 Å². The molecule has 0 radical (unpaired) electrons. The van der Waals surface area contributed by atoms with Gasteiger partial charge in [-0.3, -0.25) is 14.9 Å². The van der Waals surface area contributed by atoms with E-state index in [1.165, 1.54) is 0 Å². The lowest BCUT2D eigenvalue weighted by molar-refractivity contribution is -0.132. The third kappa shape index (κ3) is 2.17. The number of hydrogen-bond acceptors (Lipinski definition) is 6. The highest BCUT2D eigenvalue weighted by Crippen LogP contribution is 2.18. The van der Waals surface area contributed by atoms with E-state index in [0.717, 1.165) is 0 Å². The van der Waals surface area contributed by atoms with Gasteiger partial charge in [0.1, 0.15) is 23.5 Å². The molecule has 2 heterocycles. The molecule has 90 valence electrons. The fourth-order valence-corrected chi connectivity index (χ4v) is 1.72. The number of nitrogens with zero attached hydrogens (tertiary/aromatic N) is 3. The second-order valence-corrected chi connectivity index (χ2v) is 3.91. The number of nitrogens with two attached hydrogens (primary N) is 1. The first-order valence-electron chi connectivity index (χ1n) is 5.19. The van der Waals surface area contributed by atoms with Gasteiger partial charge in [-0.15, -0.1) is 0 Å². The molecule has 1 aliphatic rings. The Hall–Kier alpha value is -2.18. The van der Waals surface area contributed by atoms with Crippen LogP contribution in [0, 0.1) is 6.92 Å². The Bertz CT molecular complexity index is 467. The number of aryl methyl sites for hydroxylation is 1. The van der Waals surface area contributed by atoms with Crippen LogP contribution in [0.5, 0.6) is 0 Å². The summed E-state index contributed by atoms with van der Waals surface area (Å²) in [5, 5.41) is 2.26. The van der Waals surface area contributed by atoms with Gasteiger partial charge in [-0.25, -0.2) is 9.97 Å². The first-order chi connectivity index (χ1) is 7.97. The molecular formula is C10H13N5O2. The highest BCUT2D eigenvalue weighted by Gasteiger charge is 2.31. The zero-order valence-corrected chi connectivity index (χ0v) is 9.60. The molecule has 3 N–H and O–H groups in total. The molecule has 2 amide bonds. The van der Waals surface area contributed by atoms with E-state index in [9.17, 15) is 9.59 Å². The summed E-state index contributed by atoms with van der Waals surface area (Å²) in [5.41, 5.74) is 5.62. The SMILES string of the molecule is Cc1nc(N)cc(N2CC(=O)NC(=O)C2C)n1. The molecule has 1 saturated heterocycles. The van der Waals surface area contributed by atoms with Crippen LogP contribution in [0.1, 0.15) is 12.7 Å². The van der Waals surface area contributed by atoms with Gasteiger partial charge in [-0.05, 0) is 13.8 Å². The number of piperazine rings is 1. The van der Waals surface area contributed by atoms with Gasteiger partial charge >= 0.3 is 0 Å². The maximum absolute atomic E-state index is 11.5.